The summed E-state index contributed by atoms with van der Waals surface area (Å²) in [7, 11) is 0. The molecule has 0 saturated carbocycles. The maximum atomic E-state index is 13.1. The second kappa shape index (κ2) is 9.03. The number of carbonyl (C=O) groups excluding carboxylic acids is 2. The van der Waals surface area contributed by atoms with Crippen molar-refractivity contribution in [2.45, 2.75) is 46.8 Å². The van der Waals surface area contributed by atoms with E-state index in [1.165, 1.54) is 4.90 Å². The van der Waals surface area contributed by atoms with Gasteiger partial charge in [-0.1, -0.05) is 12.1 Å². The van der Waals surface area contributed by atoms with Gasteiger partial charge in [-0.05, 0) is 76.6 Å². The summed E-state index contributed by atoms with van der Waals surface area (Å²) in [5.74, 6) is 0.825. The van der Waals surface area contributed by atoms with Gasteiger partial charge in [0.2, 0.25) is 0 Å². The molecule has 158 valence electrons. The predicted molar refractivity (Wildman–Crippen MR) is 117 cm³/mol. The molecule has 2 aromatic rings. The first-order valence-electron chi connectivity index (χ1n) is 10.2. The van der Waals surface area contributed by atoms with Crippen molar-refractivity contribution in [1.82, 2.24) is 4.90 Å². The number of imide groups is 1. The number of hydrogen-bond acceptors (Lipinski definition) is 5. The first-order chi connectivity index (χ1) is 14.3. The predicted octanol–water partition coefficient (Wildman–Crippen LogP) is 4.47. The van der Waals surface area contributed by atoms with Crippen molar-refractivity contribution in [3.05, 3.63) is 59.8 Å². The molecule has 1 aliphatic rings. The third-order valence-electron chi connectivity index (χ3n) is 4.58. The fourth-order valence-corrected chi connectivity index (χ4v) is 3.32. The van der Waals surface area contributed by atoms with E-state index < -0.39 is 0 Å². The van der Waals surface area contributed by atoms with Gasteiger partial charge in [-0.2, -0.15) is 0 Å². The molecule has 0 atom stereocenters. The summed E-state index contributed by atoms with van der Waals surface area (Å²) >= 11 is 0. The van der Waals surface area contributed by atoms with Crippen LogP contribution in [0.25, 0.3) is 5.57 Å². The molecule has 1 N–H and O–H groups in total. The van der Waals surface area contributed by atoms with Crippen LogP contribution >= 0.6 is 0 Å². The first-order valence-corrected chi connectivity index (χ1v) is 10.2. The molecular weight excluding hydrogens is 380 g/mol. The molecule has 6 nitrogen and oxygen atoms in total. The molecule has 1 aliphatic heterocycles. The van der Waals surface area contributed by atoms with Crippen LogP contribution in [0.4, 0.5) is 5.69 Å². The van der Waals surface area contributed by atoms with Gasteiger partial charge in [0.25, 0.3) is 11.8 Å². The topological polar surface area (TPSA) is 67.9 Å². The largest absolute Gasteiger partial charge is 0.494 e. The monoisotopic (exact) mass is 408 g/mol. The quantitative estimate of drug-likeness (QED) is 0.653. The van der Waals surface area contributed by atoms with Crippen LogP contribution in [-0.4, -0.2) is 35.5 Å². The minimum Gasteiger partial charge on any atom is -0.494 e. The SMILES string of the molecule is CCOc1ccc(NC2=C(c3ccc(OC(C)C)cc3)C(=O)N(C(C)C)C2=O)cc1. The average molecular weight is 408 g/mol. The minimum absolute atomic E-state index is 0.0538. The number of anilines is 1. The van der Waals surface area contributed by atoms with Crippen molar-refractivity contribution >= 4 is 23.1 Å². The summed E-state index contributed by atoms with van der Waals surface area (Å²) in [6.07, 6.45) is 0.0538. The van der Waals surface area contributed by atoms with Crippen molar-refractivity contribution in [2.75, 3.05) is 11.9 Å². The highest BCUT2D eigenvalue weighted by Gasteiger charge is 2.40. The number of rotatable bonds is 8. The lowest BCUT2D eigenvalue weighted by Gasteiger charge is -2.19. The summed E-state index contributed by atoms with van der Waals surface area (Å²) in [6.45, 7) is 10.1. The Bertz CT molecular complexity index is 944. The average Bonchev–Trinajstić information content (AvgIpc) is 2.94. The smallest absolute Gasteiger partial charge is 0.278 e. The number of ether oxygens (including phenoxy) is 2. The number of amides is 2. The third-order valence-corrected chi connectivity index (χ3v) is 4.58. The Labute approximate surface area is 177 Å². The fourth-order valence-electron chi connectivity index (χ4n) is 3.32. The lowest BCUT2D eigenvalue weighted by molar-refractivity contribution is -0.138. The molecule has 1 heterocycles. The highest BCUT2D eigenvalue weighted by atomic mass is 16.5. The van der Waals surface area contributed by atoms with Crippen LogP contribution in [0.15, 0.2) is 54.2 Å². The fraction of sp³-hybridized carbons (Fsp3) is 0.333. The molecule has 0 spiro atoms. The number of benzene rings is 2. The van der Waals surface area contributed by atoms with E-state index in [1.807, 2.05) is 83.1 Å². The van der Waals surface area contributed by atoms with E-state index in [4.69, 9.17) is 9.47 Å². The number of carbonyl (C=O) groups is 2. The number of nitrogens with one attached hydrogen (secondary N) is 1. The first kappa shape index (κ1) is 21.4. The van der Waals surface area contributed by atoms with E-state index in [0.717, 1.165) is 5.75 Å². The zero-order chi connectivity index (χ0) is 21.8. The van der Waals surface area contributed by atoms with Gasteiger partial charge >= 0.3 is 0 Å². The van der Waals surface area contributed by atoms with E-state index in [2.05, 4.69) is 5.32 Å². The molecule has 2 aromatic carbocycles. The van der Waals surface area contributed by atoms with Crippen LogP contribution < -0.4 is 14.8 Å². The van der Waals surface area contributed by atoms with Gasteiger partial charge in [-0.3, -0.25) is 14.5 Å². The van der Waals surface area contributed by atoms with Gasteiger partial charge < -0.3 is 14.8 Å². The van der Waals surface area contributed by atoms with Gasteiger partial charge in [0.05, 0.1) is 18.3 Å². The van der Waals surface area contributed by atoms with Gasteiger partial charge in [0.1, 0.15) is 17.2 Å². The number of hydrogen-bond donors (Lipinski definition) is 1. The van der Waals surface area contributed by atoms with E-state index in [-0.39, 0.29) is 29.7 Å². The molecule has 0 radical (unpaired) electrons. The molecule has 0 unspecified atom stereocenters. The van der Waals surface area contributed by atoms with Crippen molar-refractivity contribution < 1.29 is 19.1 Å². The molecule has 3 rings (SSSR count). The zero-order valence-electron chi connectivity index (χ0n) is 18.1. The van der Waals surface area contributed by atoms with Crippen LogP contribution in [0, 0.1) is 0 Å². The normalized spacial score (nSPS) is 14.2. The molecule has 0 aromatic heterocycles. The molecule has 0 saturated heterocycles. The Hall–Kier alpha value is -3.28. The highest BCUT2D eigenvalue weighted by molar-refractivity contribution is 6.36. The standard InChI is InChI=1S/C24H28N2O4/c1-6-29-19-13-9-18(10-14-19)25-22-21(23(27)26(15(2)3)24(22)28)17-7-11-20(12-8-17)30-16(4)5/h7-16,25H,6H2,1-5H3. The Morgan fingerprint density at radius 1 is 0.867 bits per heavy atom. The molecular formula is C24H28N2O4. The van der Waals surface area contributed by atoms with E-state index in [0.29, 0.717) is 29.2 Å². The van der Waals surface area contributed by atoms with Crippen LogP contribution in [0.5, 0.6) is 11.5 Å². The molecule has 6 heteroatoms. The second-order valence-electron chi connectivity index (χ2n) is 7.60. The van der Waals surface area contributed by atoms with E-state index in [1.54, 1.807) is 0 Å². The Balaban J connectivity index is 1.97. The van der Waals surface area contributed by atoms with E-state index in [9.17, 15) is 9.59 Å². The van der Waals surface area contributed by atoms with Crippen molar-refractivity contribution in [2.24, 2.45) is 0 Å². The molecule has 2 amide bonds. The van der Waals surface area contributed by atoms with Crippen LogP contribution in [0.3, 0.4) is 0 Å². The Kier molecular flexibility index (Phi) is 6.45. The summed E-state index contributed by atoms with van der Waals surface area (Å²) in [6, 6.07) is 14.3. The van der Waals surface area contributed by atoms with Gasteiger partial charge in [-0.15, -0.1) is 0 Å². The lowest BCUT2D eigenvalue weighted by atomic mass is 10.0. The van der Waals surface area contributed by atoms with Crippen LogP contribution in [0.2, 0.25) is 0 Å². The second-order valence-corrected chi connectivity index (χ2v) is 7.60. The van der Waals surface area contributed by atoms with Gasteiger partial charge in [0, 0.05) is 11.7 Å². The van der Waals surface area contributed by atoms with Crippen molar-refractivity contribution in [1.29, 1.82) is 0 Å². The Morgan fingerprint density at radius 3 is 2.00 bits per heavy atom. The summed E-state index contributed by atoms with van der Waals surface area (Å²) in [5, 5.41) is 3.15. The Morgan fingerprint density at radius 2 is 1.47 bits per heavy atom. The molecule has 0 aliphatic carbocycles. The zero-order valence-corrected chi connectivity index (χ0v) is 18.1. The maximum Gasteiger partial charge on any atom is 0.278 e. The molecule has 0 bridgehead atoms. The summed E-state index contributed by atoms with van der Waals surface area (Å²) in [4.78, 5) is 27.5. The maximum absolute atomic E-state index is 13.1. The minimum atomic E-state index is -0.332. The van der Waals surface area contributed by atoms with Gasteiger partial charge in [-0.25, -0.2) is 0 Å². The summed E-state index contributed by atoms with van der Waals surface area (Å²) < 4.78 is 11.2. The van der Waals surface area contributed by atoms with Crippen molar-refractivity contribution in [3.63, 3.8) is 0 Å². The van der Waals surface area contributed by atoms with Gasteiger partial charge in [0.15, 0.2) is 0 Å². The van der Waals surface area contributed by atoms with Crippen LogP contribution in [0.1, 0.15) is 40.2 Å². The van der Waals surface area contributed by atoms with E-state index >= 15 is 0 Å². The third kappa shape index (κ3) is 4.48. The lowest BCUT2D eigenvalue weighted by Crippen LogP contribution is -2.38. The highest BCUT2D eigenvalue weighted by Crippen LogP contribution is 2.33. The number of nitrogens with zero attached hydrogens (tertiary/aromatic N) is 1. The van der Waals surface area contributed by atoms with Crippen molar-refractivity contribution in [3.8, 4) is 11.5 Å². The van der Waals surface area contributed by atoms with Crippen LogP contribution in [-0.2, 0) is 9.59 Å². The molecule has 30 heavy (non-hydrogen) atoms. The summed E-state index contributed by atoms with van der Waals surface area (Å²) in [5.41, 5.74) is 2.01. The molecule has 0 fully saturated rings.